The molecule has 0 aliphatic rings. The molecule has 0 radical (unpaired) electrons. The first-order chi connectivity index (χ1) is 8.06. The van der Waals surface area contributed by atoms with Crippen molar-refractivity contribution in [3.05, 3.63) is 27.8 Å². The molecule has 0 heterocycles. The first kappa shape index (κ1) is 12.8. The van der Waals surface area contributed by atoms with Crippen LogP contribution in [-0.4, -0.2) is 32.2 Å². The van der Waals surface area contributed by atoms with Crippen molar-refractivity contribution in [3.63, 3.8) is 0 Å². The molecule has 0 spiro atoms. The maximum Gasteiger partial charge on any atom is 0.341 e. The average Bonchev–Trinajstić information content (AvgIpc) is 2.35. The minimum atomic E-state index is -0.687. The zero-order chi connectivity index (χ0) is 13.0. The summed E-state index contributed by atoms with van der Waals surface area (Å²) in [5.41, 5.74) is -0.0156. The first-order valence-corrected chi connectivity index (χ1v) is 4.68. The SMILES string of the molecule is CNc1ccc(C(=O)OC)c(OC)c1[N+](=O)[O-]. The summed E-state index contributed by atoms with van der Waals surface area (Å²) >= 11 is 0. The second-order valence-corrected chi connectivity index (χ2v) is 3.04. The van der Waals surface area contributed by atoms with E-state index in [1.807, 2.05) is 0 Å². The minimum absolute atomic E-state index is 0.0145. The lowest BCUT2D eigenvalue weighted by molar-refractivity contribution is -0.384. The summed E-state index contributed by atoms with van der Waals surface area (Å²) in [6.07, 6.45) is 0. The Labute approximate surface area is 97.5 Å². The van der Waals surface area contributed by atoms with Crippen molar-refractivity contribution < 1.29 is 19.2 Å². The van der Waals surface area contributed by atoms with Crippen LogP contribution in [0.2, 0.25) is 0 Å². The van der Waals surface area contributed by atoms with Gasteiger partial charge in [0, 0.05) is 7.05 Å². The Morgan fingerprint density at radius 2 is 2.06 bits per heavy atom. The predicted octanol–water partition coefficient (Wildman–Crippen LogP) is 1.43. The van der Waals surface area contributed by atoms with Crippen molar-refractivity contribution in [2.45, 2.75) is 0 Å². The Hall–Kier alpha value is -2.31. The van der Waals surface area contributed by atoms with Gasteiger partial charge in [0.15, 0.2) is 0 Å². The number of esters is 1. The molecule has 0 saturated carbocycles. The molecule has 0 unspecified atom stereocenters. The molecule has 1 N–H and O–H groups in total. The number of hydrogen-bond donors (Lipinski definition) is 1. The molecule has 17 heavy (non-hydrogen) atoms. The number of hydrogen-bond acceptors (Lipinski definition) is 6. The van der Waals surface area contributed by atoms with Crippen LogP contribution < -0.4 is 10.1 Å². The third kappa shape index (κ3) is 2.27. The number of carbonyl (C=O) groups excluding carboxylic acids is 1. The van der Waals surface area contributed by atoms with Gasteiger partial charge >= 0.3 is 11.7 Å². The third-order valence-corrected chi connectivity index (χ3v) is 2.19. The van der Waals surface area contributed by atoms with Crippen molar-refractivity contribution in [3.8, 4) is 5.75 Å². The van der Waals surface area contributed by atoms with Gasteiger partial charge in [0.25, 0.3) is 0 Å². The summed E-state index contributed by atoms with van der Waals surface area (Å²) in [6, 6.07) is 2.83. The number of ether oxygens (including phenoxy) is 2. The Morgan fingerprint density at radius 1 is 1.41 bits per heavy atom. The number of anilines is 1. The predicted molar refractivity (Wildman–Crippen MR) is 60.5 cm³/mol. The maximum atomic E-state index is 11.4. The molecule has 1 aromatic carbocycles. The summed E-state index contributed by atoms with van der Waals surface area (Å²) in [5.74, 6) is -0.804. The van der Waals surface area contributed by atoms with E-state index in [0.29, 0.717) is 0 Å². The highest BCUT2D eigenvalue weighted by molar-refractivity contribution is 5.95. The second kappa shape index (κ2) is 5.15. The fourth-order valence-electron chi connectivity index (χ4n) is 1.43. The van der Waals surface area contributed by atoms with Crippen molar-refractivity contribution in [2.75, 3.05) is 26.6 Å². The Morgan fingerprint density at radius 3 is 2.47 bits per heavy atom. The highest BCUT2D eigenvalue weighted by Gasteiger charge is 2.27. The van der Waals surface area contributed by atoms with Gasteiger partial charge in [-0.15, -0.1) is 0 Å². The van der Waals surface area contributed by atoms with Gasteiger partial charge in [-0.1, -0.05) is 0 Å². The van der Waals surface area contributed by atoms with Crippen molar-refractivity contribution in [1.29, 1.82) is 0 Å². The molecular weight excluding hydrogens is 228 g/mol. The summed E-state index contributed by atoms with van der Waals surface area (Å²) in [4.78, 5) is 21.8. The van der Waals surface area contributed by atoms with Gasteiger partial charge in [-0.25, -0.2) is 4.79 Å². The van der Waals surface area contributed by atoms with Crippen LogP contribution in [0.1, 0.15) is 10.4 Å². The zero-order valence-electron chi connectivity index (χ0n) is 9.64. The molecule has 0 bridgehead atoms. The number of benzene rings is 1. The summed E-state index contributed by atoms with van der Waals surface area (Å²) in [5, 5.41) is 13.6. The van der Waals surface area contributed by atoms with Gasteiger partial charge in [-0.2, -0.15) is 0 Å². The topological polar surface area (TPSA) is 90.7 Å². The number of nitro benzene ring substituents is 1. The number of methoxy groups -OCH3 is 2. The number of nitrogens with zero attached hydrogens (tertiary/aromatic N) is 1. The highest BCUT2D eigenvalue weighted by Crippen LogP contribution is 2.37. The molecule has 0 saturated heterocycles. The molecular formula is C10H12N2O5. The molecule has 0 fully saturated rings. The monoisotopic (exact) mass is 240 g/mol. The number of nitrogens with one attached hydrogen (secondary N) is 1. The lowest BCUT2D eigenvalue weighted by atomic mass is 10.1. The van der Waals surface area contributed by atoms with Crippen LogP contribution in [0.5, 0.6) is 5.75 Å². The molecule has 92 valence electrons. The van der Waals surface area contributed by atoms with Crippen LogP contribution in [0.15, 0.2) is 12.1 Å². The van der Waals surface area contributed by atoms with Gasteiger partial charge in [0.2, 0.25) is 5.75 Å². The Bertz CT molecular complexity index is 458. The minimum Gasteiger partial charge on any atom is -0.489 e. The fraction of sp³-hybridized carbons (Fsp3) is 0.300. The lowest BCUT2D eigenvalue weighted by Gasteiger charge is -2.10. The van der Waals surface area contributed by atoms with Gasteiger partial charge in [-0.3, -0.25) is 10.1 Å². The average molecular weight is 240 g/mol. The standard InChI is InChI=1S/C10H12N2O5/c1-11-7-5-4-6(10(13)17-3)9(16-2)8(7)12(14)15/h4-5,11H,1-3H3. The van der Waals surface area contributed by atoms with E-state index >= 15 is 0 Å². The molecule has 1 rings (SSSR count). The molecule has 7 heteroatoms. The fourth-order valence-corrected chi connectivity index (χ4v) is 1.43. The van der Waals surface area contributed by atoms with Gasteiger partial charge < -0.3 is 14.8 Å². The van der Waals surface area contributed by atoms with Crippen molar-refractivity contribution in [1.82, 2.24) is 0 Å². The molecule has 7 nitrogen and oxygen atoms in total. The normalized spacial score (nSPS) is 9.59. The van der Waals surface area contributed by atoms with Crippen LogP contribution >= 0.6 is 0 Å². The Kier molecular flexibility index (Phi) is 3.86. The van der Waals surface area contributed by atoms with E-state index in [2.05, 4.69) is 10.1 Å². The summed E-state index contributed by atoms with van der Waals surface area (Å²) < 4.78 is 9.45. The second-order valence-electron chi connectivity index (χ2n) is 3.04. The molecule has 0 amide bonds. The smallest absolute Gasteiger partial charge is 0.341 e. The third-order valence-electron chi connectivity index (χ3n) is 2.19. The lowest BCUT2D eigenvalue weighted by Crippen LogP contribution is -2.08. The summed E-state index contributed by atoms with van der Waals surface area (Å²) in [6.45, 7) is 0. The zero-order valence-corrected chi connectivity index (χ0v) is 9.64. The number of carbonyl (C=O) groups is 1. The van der Waals surface area contributed by atoms with Crippen LogP contribution in [-0.2, 0) is 4.74 Å². The van der Waals surface area contributed by atoms with Gasteiger partial charge in [0.05, 0.1) is 19.1 Å². The highest BCUT2D eigenvalue weighted by atomic mass is 16.6. The number of nitro groups is 1. The van der Waals surface area contributed by atoms with Crippen molar-refractivity contribution >= 4 is 17.3 Å². The quantitative estimate of drug-likeness (QED) is 0.486. The Balaban J connectivity index is 3.51. The maximum absolute atomic E-state index is 11.4. The van der Waals surface area contributed by atoms with E-state index in [4.69, 9.17) is 4.74 Å². The van der Waals surface area contributed by atoms with Crippen LogP contribution in [0.4, 0.5) is 11.4 Å². The molecule has 0 atom stereocenters. The molecule has 0 aliphatic carbocycles. The van der Waals surface area contributed by atoms with Crippen LogP contribution in [0.3, 0.4) is 0 Å². The van der Waals surface area contributed by atoms with E-state index in [9.17, 15) is 14.9 Å². The van der Waals surface area contributed by atoms with E-state index in [1.165, 1.54) is 26.4 Å². The van der Waals surface area contributed by atoms with Gasteiger partial charge in [-0.05, 0) is 12.1 Å². The summed E-state index contributed by atoms with van der Waals surface area (Å²) in [7, 11) is 3.99. The molecule has 1 aromatic rings. The number of rotatable bonds is 4. The largest absolute Gasteiger partial charge is 0.489 e. The molecule has 0 aromatic heterocycles. The van der Waals surface area contributed by atoms with Crippen LogP contribution in [0.25, 0.3) is 0 Å². The van der Waals surface area contributed by atoms with Crippen LogP contribution in [0, 0.1) is 10.1 Å². The van der Waals surface area contributed by atoms with E-state index < -0.39 is 10.9 Å². The molecule has 0 aliphatic heterocycles. The van der Waals surface area contributed by atoms with E-state index in [0.717, 1.165) is 0 Å². The first-order valence-electron chi connectivity index (χ1n) is 4.68. The van der Waals surface area contributed by atoms with E-state index in [-0.39, 0.29) is 22.7 Å². The van der Waals surface area contributed by atoms with E-state index in [1.54, 1.807) is 7.05 Å². The van der Waals surface area contributed by atoms with Crippen molar-refractivity contribution in [2.24, 2.45) is 0 Å². The van der Waals surface area contributed by atoms with Gasteiger partial charge in [0.1, 0.15) is 11.3 Å².